The Morgan fingerprint density at radius 2 is 2.04 bits per heavy atom. The zero-order valence-electron chi connectivity index (χ0n) is 15.4. The highest BCUT2D eigenvalue weighted by atomic mass is 16.5. The van der Waals surface area contributed by atoms with E-state index in [0.29, 0.717) is 12.5 Å². The molecule has 0 fully saturated rings. The second-order valence-electron chi connectivity index (χ2n) is 6.86. The van der Waals surface area contributed by atoms with E-state index in [1.165, 1.54) is 22.4 Å². The summed E-state index contributed by atoms with van der Waals surface area (Å²) in [7, 11) is 2.09. The normalized spacial score (nSPS) is 16.4. The van der Waals surface area contributed by atoms with Gasteiger partial charge in [0.2, 0.25) is 5.88 Å². The maximum Gasteiger partial charge on any atom is 0.221 e. The molecule has 1 aliphatic rings. The minimum Gasteiger partial charge on any atom is -0.477 e. The molecular formula is C20H27N3O. The van der Waals surface area contributed by atoms with E-state index in [1.807, 2.05) is 0 Å². The molecule has 1 aromatic heterocycles. The number of hydrogen-bond donors (Lipinski definition) is 0. The summed E-state index contributed by atoms with van der Waals surface area (Å²) < 4.78 is 5.97. The van der Waals surface area contributed by atoms with Crippen LogP contribution in [0.25, 0.3) is 0 Å². The van der Waals surface area contributed by atoms with Gasteiger partial charge in [-0.1, -0.05) is 26.3 Å². The maximum absolute atomic E-state index is 5.97. The SMILES string of the molecule is CCCCOc1ncnc2c1CC(C)c1c(C)cc(C)cc1N2C. The van der Waals surface area contributed by atoms with E-state index >= 15 is 0 Å². The highest BCUT2D eigenvalue weighted by Gasteiger charge is 2.28. The summed E-state index contributed by atoms with van der Waals surface area (Å²) in [4.78, 5) is 11.2. The zero-order valence-corrected chi connectivity index (χ0v) is 15.4. The van der Waals surface area contributed by atoms with Crippen molar-refractivity contribution in [2.24, 2.45) is 0 Å². The molecule has 0 aliphatic carbocycles. The van der Waals surface area contributed by atoms with Crippen LogP contribution in [0.4, 0.5) is 11.5 Å². The van der Waals surface area contributed by atoms with Gasteiger partial charge in [-0.2, -0.15) is 0 Å². The Morgan fingerprint density at radius 1 is 1.25 bits per heavy atom. The number of fused-ring (bicyclic) bond motifs is 2. The van der Waals surface area contributed by atoms with Crippen molar-refractivity contribution in [1.82, 2.24) is 9.97 Å². The molecule has 1 aromatic carbocycles. The first-order valence-corrected chi connectivity index (χ1v) is 8.84. The summed E-state index contributed by atoms with van der Waals surface area (Å²) >= 11 is 0. The third-order valence-corrected chi connectivity index (χ3v) is 4.81. The van der Waals surface area contributed by atoms with E-state index < -0.39 is 0 Å². The summed E-state index contributed by atoms with van der Waals surface area (Å²) in [6.45, 7) is 9.52. The fourth-order valence-electron chi connectivity index (χ4n) is 3.69. The summed E-state index contributed by atoms with van der Waals surface area (Å²) in [5.74, 6) is 2.12. The maximum atomic E-state index is 5.97. The predicted molar refractivity (Wildman–Crippen MR) is 98.5 cm³/mol. The molecule has 0 amide bonds. The van der Waals surface area contributed by atoms with Crippen molar-refractivity contribution in [2.45, 2.75) is 52.9 Å². The largest absolute Gasteiger partial charge is 0.477 e. The highest BCUT2D eigenvalue weighted by molar-refractivity contribution is 5.71. The first kappa shape index (κ1) is 16.7. The molecule has 24 heavy (non-hydrogen) atoms. The van der Waals surface area contributed by atoms with Gasteiger partial charge in [0.05, 0.1) is 12.2 Å². The highest BCUT2D eigenvalue weighted by Crippen LogP contribution is 2.43. The molecule has 0 radical (unpaired) electrons. The quantitative estimate of drug-likeness (QED) is 0.764. The van der Waals surface area contributed by atoms with Crippen molar-refractivity contribution in [1.29, 1.82) is 0 Å². The van der Waals surface area contributed by atoms with Crippen molar-refractivity contribution in [3.63, 3.8) is 0 Å². The smallest absolute Gasteiger partial charge is 0.221 e. The number of nitrogens with zero attached hydrogens (tertiary/aromatic N) is 3. The van der Waals surface area contributed by atoms with Gasteiger partial charge in [0.15, 0.2) is 0 Å². The third-order valence-electron chi connectivity index (χ3n) is 4.81. The van der Waals surface area contributed by atoms with Crippen LogP contribution in [-0.4, -0.2) is 23.6 Å². The molecule has 128 valence electrons. The number of benzene rings is 1. The van der Waals surface area contributed by atoms with Crippen LogP contribution in [0.2, 0.25) is 0 Å². The number of hydrogen-bond acceptors (Lipinski definition) is 4. The number of ether oxygens (including phenoxy) is 1. The van der Waals surface area contributed by atoms with E-state index in [1.54, 1.807) is 6.33 Å². The van der Waals surface area contributed by atoms with E-state index in [4.69, 9.17) is 4.74 Å². The zero-order chi connectivity index (χ0) is 17.3. The second-order valence-corrected chi connectivity index (χ2v) is 6.86. The first-order chi connectivity index (χ1) is 11.5. The van der Waals surface area contributed by atoms with Crippen LogP contribution in [0, 0.1) is 13.8 Å². The number of aryl methyl sites for hydroxylation is 2. The topological polar surface area (TPSA) is 38.3 Å². The average Bonchev–Trinajstić information content (AvgIpc) is 2.64. The second kappa shape index (κ2) is 6.80. The fraction of sp³-hybridized carbons (Fsp3) is 0.500. The summed E-state index contributed by atoms with van der Waals surface area (Å²) in [5, 5.41) is 0. The molecule has 0 saturated carbocycles. The van der Waals surface area contributed by atoms with Gasteiger partial charge in [0.1, 0.15) is 12.1 Å². The van der Waals surface area contributed by atoms with Crippen molar-refractivity contribution in [2.75, 3.05) is 18.6 Å². The van der Waals surface area contributed by atoms with Crippen molar-refractivity contribution < 1.29 is 4.74 Å². The Morgan fingerprint density at radius 3 is 2.79 bits per heavy atom. The molecular weight excluding hydrogens is 298 g/mol. The summed E-state index contributed by atoms with van der Waals surface area (Å²) in [6.07, 6.45) is 4.68. The number of rotatable bonds is 4. The molecule has 4 heteroatoms. The van der Waals surface area contributed by atoms with Gasteiger partial charge in [0, 0.05) is 12.7 Å². The van der Waals surface area contributed by atoms with Crippen molar-refractivity contribution in [3.05, 3.63) is 40.7 Å². The van der Waals surface area contributed by atoms with Gasteiger partial charge in [-0.05, 0) is 55.4 Å². The number of aromatic nitrogens is 2. The molecule has 1 aliphatic heterocycles. The Kier molecular flexibility index (Phi) is 4.74. The van der Waals surface area contributed by atoms with Gasteiger partial charge in [-0.15, -0.1) is 0 Å². The predicted octanol–water partition coefficient (Wildman–Crippen LogP) is 4.70. The minimum absolute atomic E-state index is 0.406. The van der Waals surface area contributed by atoms with Crippen molar-refractivity contribution >= 4 is 11.5 Å². The lowest BCUT2D eigenvalue weighted by Gasteiger charge is -2.23. The standard InChI is InChI=1S/C20H27N3O/c1-6-7-8-24-20-16-11-15(4)18-14(3)9-13(2)10-17(18)23(5)19(16)21-12-22-20/h9-10,12,15H,6-8,11H2,1-5H3. The van der Waals surface area contributed by atoms with Crippen molar-refractivity contribution in [3.8, 4) is 5.88 Å². The number of unbranched alkanes of at least 4 members (excludes halogenated alkanes) is 1. The summed E-state index contributed by atoms with van der Waals surface area (Å²) in [6, 6.07) is 4.52. The van der Waals surface area contributed by atoms with E-state index in [9.17, 15) is 0 Å². The Balaban J connectivity index is 2.08. The monoisotopic (exact) mass is 325 g/mol. The number of anilines is 2. The molecule has 1 unspecified atom stereocenters. The Labute approximate surface area is 144 Å². The van der Waals surface area contributed by atoms with Gasteiger partial charge >= 0.3 is 0 Å². The van der Waals surface area contributed by atoms with Crippen LogP contribution in [-0.2, 0) is 6.42 Å². The Hall–Kier alpha value is -2.10. The molecule has 1 atom stereocenters. The lowest BCUT2D eigenvalue weighted by atomic mass is 9.90. The lowest BCUT2D eigenvalue weighted by molar-refractivity contribution is 0.293. The van der Waals surface area contributed by atoms with E-state index in [-0.39, 0.29) is 0 Å². The average molecular weight is 325 g/mol. The molecule has 4 nitrogen and oxygen atoms in total. The lowest BCUT2D eigenvalue weighted by Crippen LogP contribution is -2.15. The van der Waals surface area contributed by atoms with E-state index in [2.05, 4.69) is 61.7 Å². The molecule has 0 saturated heterocycles. The molecule has 0 N–H and O–H groups in total. The van der Waals surface area contributed by atoms with Crippen LogP contribution in [0.1, 0.15) is 54.9 Å². The molecule has 0 spiro atoms. The van der Waals surface area contributed by atoms with Crippen LogP contribution in [0.5, 0.6) is 5.88 Å². The first-order valence-electron chi connectivity index (χ1n) is 8.84. The minimum atomic E-state index is 0.406. The van der Waals surface area contributed by atoms with Gasteiger partial charge in [0.25, 0.3) is 0 Å². The van der Waals surface area contributed by atoms with Crippen LogP contribution in [0.15, 0.2) is 18.5 Å². The molecule has 2 aromatic rings. The fourth-order valence-corrected chi connectivity index (χ4v) is 3.69. The molecule has 2 heterocycles. The summed E-state index contributed by atoms with van der Waals surface area (Å²) in [5.41, 5.74) is 6.40. The third kappa shape index (κ3) is 2.97. The van der Waals surface area contributed by atoms with Gasteiger partial charge in [-0.3, -0.25) is 0 Å². The van der Waals surface area contributed by atoms with Crippen LogP contribution >= 0.6 is 0 Å². The van der Waals surface area contributed by atoms with Gasteiger partial charge in [-0.25, -0.2) is 9.97 Å². The van der Waals surface area contributed by atoms with Crippen LogP contribution in [0.3, 0.4) is 0 Å². The van der Waals surface area contributed by atoms with E-state index in [0.717, 1.165) is 36.5 Å². The van der Waals surface area contributed by atoms with Gasteiger partial charge < -0.3 is 9.64 Å². The molecule has 0 bridgehead atoms. The Bertz CT molecular complexity index is 742. The molecule has 3 rings (SSSR count). The van der Waals surface area contributed by atoms with Crippen LogP contribution < -0.4 is 9.64 Å².